The number of nitrogens with zero attached hydrogens (tertiary/aromatic N) is 2. The molecule has 0 saturated carbocycles. The van der Waals surface area contributed by atoms with Crippen LogP contribution in [0.4, 0.5) is 11.4 Å². The first-order chi connectivity index (χ1) is 12.8. The van der Waals surface area contributed by atoms with Gasteiger partial charge >= 0.3 is 0 Å². The fourth-order valence-electron chi connectivity index (χ4n) is 3.70. The van der Waals surface area contributed by atoms with Crippen LogP contribution in [-0.4, -0.2) is 25.4 Å². The van der Waals surface area contributed by atoms with Crippen LogP contribution in [0.25, 0.3) is 5.57 Å². The van der Waals surface area contributed by atoms with E-state index in [1.807, 2.05) is 0 Å². The summed E-state index contributed by atoms with van der Waals surface area (Å²) in [5, 5.41) is 1.11. The first-order valence-electron chi connectivity index (χ1n) is 8.95. The Kier molecular flexibility index (Phi) is 5.55. The molecule has 0 aromatic heterocycles. The van der Waals surface area contributed by atoms with Gasteiger partial charge in [0, 0.05) is 40.7 Å². The SMILES string of the molecule is CCN1c2cc(OC)c(C=Nc3ccc(Cl)cc3Cl)cc2C(C)=CC1(C)C. The zero-order valence-electron chi connectivity index (χ0n) is 16.3. The molecule has 0 radical (unpaired) electrons. The number of hydrogen-bond donors (Lipinski definition) is 0. The predicted octanol–water partition coefficient (Wildman–Crippen LogP) is 6.77. The first-order valence-corrected chi connectivity index (χ1v) is 9.71. The number of hydrogen-bond acceptors (Lipinski definition) is 3. The van der Waals surface area contributed by atoms with Crippen molar-refractivity contribution < 1.29 is 4.74 Å². The van der Waals surface area contributed by atoms with Gasteiger partial charge in [0.2, 0.25) is 0 Å². The lowest BCUT2D eigenvalue weighted by atomic mass is 9.88. The molecule has 142 valence electrons. The molecule has 1 aliphatic rings. The standard InChI is InChI=1S/C22H24Cl2N2O/c1-6-26-20-11-21(27-5)15(9-17(20)14(2)12-22(26,3)4)13-25-19-8-7-16(23)10-18(19)24/h7-13H,6H2,1-5H3. The molecule has 1 aliphatic heterocycles. The molecule has 0 spiro atoms. The molecule has 0 aliphatic carbocycles. The predicted molar refractivity (Wildman–Crippen MR) is 117 cm³/mol. The van der Waals surface area contributed by atoms with Crippen molar-refractivity contribution in [3.05, 3.63) is 57.6 Å². The summed E-state index contributed by atoms with van der Waals surface area (Å²) in [6, 6.07) is 9.50. The Morgan fingerprint density at radius 1 is 1.19 bits per heavy atom. The fraction of sp³-hybridized carbons (Fsp3) is 0.318. The normalized spacial score (nSPS) is 15.7. The van der Waals surface area contributed by atoms with Crippen molar-refractivity contribution >= 4 is 46.4 Å². The van der Waals surface area contributed by atoms with E-state index in [0.717, 1.165) is 17.9 Å². The fourth-order valence-corrected chi connectivity index (χ4v) is 4.16. The number of benzene rings is 2. The van der Waals surface area contributed by atoms with Gasteiger partial charge in [0.15, 0.2) is 0 Å². The van der Waals surface area contributed by atoms with E-state index in [1.165, 1.54) is 16.8 Å². The van der Waals surface area contributed by atoms with Crippen LogP contribution in [0.1, 0.15) is 38.8 Å². The minimum Gasteiger partial charge on any atom is -0.496 e. The van der Waals surface area contributed by atoms with Crippen molar-refractivity contribution in [1.29, 1.82) is 0 Å². The molecule has 0 saturated heterocycles. The molecular formula is C22H24Cl2N2O. The molecule has 0 fully saturated rings. The molecule has 1 heterocycles. The average molecular weight is 403 g/mol. The number of methoxy groups -OCH3 is 1. The van der Waals surface area contributed by atoms with E-state index in [4.69, 9.17) is 27.9 Å². The van der Waals surface area contributed by atoms with Crippen molar-refractivity contribution in [2.45, 2.75) is 33.2 Å². The quantitative estimate of drug-likeness (QED) is 0.526. The molecule has 0 N–H and O–H groups in total. The molecule has 0 atom stereocenters. The lowest BCUT2D eigenvalue weighted by molar-refractivity contribution is 0.413. The molecule has 2 aromatic rings. The Balaban J connectivity index is 2.08. The van der Waals surface area contributed by atoms with Crippen molar-refractivity contribution in [3.8, 4) is 5.75 Å². The summed E-state index contributed by atoms with van der Waals surface area (Å²) in [5.41, 5.74) is 5.17. The van der Waals surface area contributed by atoms with Gasteiger partial charge in [0.05, 0.1) is 23.4 Å². The van der Waals surface area contributed by atoms with Crippen molar-refractivity contribution in [1.82, 2.24) is 0 Å². The van der Waals surface area contributed by atoms with Crippen LogP contribution >= 0.6 is 23.2 Å². The first kappa shape index (κ1) is 19.8. The Hall–Kier alpha value is -1.97. The third kappa shape index (κ3) is 3.85. The number of halogens is 2. The highest BCUT2D eigenvalue weighted by molar-refractivity contribution is 6.36. The summed E-state index contributed by atoms with van der Waals surface area (Å²) < 4.78 is 5.65. The Morgan fingerprint density at radius 2 is 1.93 bits per heavy atom. The minimum absolute atomic E-state index is 0.0384. The summed E-state index contributed by atoms with van der Waals surface area (Å²) in [6.07, 6.45) is 4.10. The summed E-state index contributed by atoms with van der Waals surface area (Å²) in [5.74, 6) is 0.784. The van der Waals surface area contributed by atoms with Gasteiger partial charge in [-0.25, -0.2) is 0 Å². The van der Waals surface area contributed by atoms with E-state index in [0.29, 0.717) is 15.7 Å². The van der Waals surface area contributed by atoms with Crippen LogP contribution in [0.15, 0.2) is 41.4 Å². The third-order valence-electron chi connectivity index (χ3n) is 4.90. The topological polar surface area (TPSA) is 24.8 Å². The van der Waals surface area contributed by atoms with Crippen molar-refractivity contribution in [3.63, 3.8) is 0 Å². The highest BCUT2D eigenvalue weighted by atomic mass is 35.5. The van der Waals surface area contributed by atoms with Crippen LogP contribution in [0, 0.1) is 0 Å². The second kappa shape index (κ2) is 7.57. The van der Waals surface area contributed by atoms with Gasteiger partial charge in [-0.3, -0.25) is 4.99 Å². The number of allylic oxidation sites excluding steroid dienone is 1. The zero-order valence-corrected chi connectivity index (χ0v) is 17.8. The van der Waals surface area contributed by atoms with Gasteiger partial charge in [-0.15, -0.1) is 0 Å². The van der Waals surface area contributed by atoms with Gasteiger partial charge in [0.25, 0.3) is 0 Å². The molecule has 0 amide bonds. The number of rotatable bonds is 4. The average Bonchev–Trinajstić information content (AvgIpc) is 2.60. The van der Waals surface area contributed by atoms with Gasteiger partial charge in [-0.2, -0.15) is 0 Å². The smallest absolute Gasteiger partial charge is 0.129 e. The Morgan fingerprint density at radius 3 is 2.56 bits per heavy atom. The van der Waals surface area contributed by atoms with Gasteiger partial charge in [0.1, 0.15) is 5.75 Å². The van der Waals surface area contributed by atoms with Crippen molar-refractivity contribution in [2.75, 3.05) is 18.6 Å². The molecule has 2 aromatic carbocycles. The van der Waals surface area contributed by atoms with Gasteiger partial charge < -0.3 is 9.64 Å². The largest absolute Gasteiger partial charge is 0.496 e. The second-order valence-electron chi connectivity index (χ2n) is 7.19. The highest BCUT2D eigenvalue weighted by Crippen LogP contribution is 2.41. The Labute approximate surface area is 171 Å². The maximum absolute atomic E-state index is 6.23. The molecule has 3 rings (SSSR count). The van der Waals surface area contributed by atoms with E-state index < -0.39 is 0 Å². The second-order valence-corrected chi connectivity index (χ2v) is 8.03. The lowest BCUT2D eigenvalue weighted by Gasteiger charge is -2.43. The van der Waals surface area contributed by atoms with E-state index in [1.54, 1.807) is 31.5 Å². The minimum atomic E-state index is -0.0384. The maximum Gasteiger partial charge on any atom is 0.129 e. The van der Waals surface area contributed by atoms with Gasteiger partial charge in [-0.1, -0.05) is 29.3 Å². The van der Waals surface area contributed by atoms with E-state index >= 15 is 0 Å². The number of aliphatic imine (C=N–C) groups is 1. The van der Waals surface area contributed by atoms with E-state index in [9.17, 15) is 0 Å². The van der Waals surface area contributed by atoms with E-state index in [2.05, 4.69) is 55.8 Å². The maximum atomic E-state index is 6.23. The summed E-state index contributed by atoms with van der Waals surface area (Å²) >= 11 is 12.2. The molecule has 0 unspecified atom stereocenters. The summed E-state index contributed by atoms with van der Waals surface area (Å²) in [4.78, 5) is 6.92. The van der Waals surface area contributed by atoms with Crippen LogP contribution in [-0.2, 0) is 0 Å². The molecule has 0 bridgehead atoms. The Bertz CT molecular complexity index is 932. The monoisotopic (exact) mass is 402 g/mol. The van der Waals surface area contributed by atoms with Crippen LogP contribution in [0.5, 0.6) is 5.75 Å². The third-order valence-corrected chi connectivity index (χ3v) is 5.44. The number of anilines is 1. The lowest BCUT2D eigenvalue weighted by Crippen LogP contribution is -2.44. The summed E-state index contributed by atoms with van der Waals surface area (Å²) in [6.45, 7) is 9.70. The molecule has 27 heavy (non-hydrogen) atoms. The number of fused-ring (bicyclic) bond motifs is 1. The number of likely N-dealkylation sites (N-methyl/N-ethyl adjacent to an activating group) is 1. The van der Waals surface area contributed by atoms with Gasteiger partial charge in [-0.05, 0) is 57.5 Å². The zero-order chi connectivity index (χ0) is 19.8. The van der Waals surface area contributed by atoms with Crippen LogP contribution in [0.3, 0.4) is 0 Å². The highest BCUT2D eigenvalue weighted by Gasteiger charge is 2.31. The molecule has 3 nitrogen and oxygen atoms in total. The molecule has 5 heteroatoms. The van der Waals surface area contributed by atoms with Crippen LogP contribution in [0.2, 0.25) is 10.0 Å². The summed E-state index contributed by atoms with van der Waals surface area (Å²) in [7, 11) is 1.68. The van der Waals surface area contributed by atoms with Crippen molar-refractivity contribution in [2.24, 2.45) is 4.99 Å². The number of ether oxygens (including phenoxy) is 1. The van der Waals surface area contributed by atoms with E-state index in [-0.39, 0.29) is 5.54 Å². The molecular weight excluding hydrogens is 379 g/mol. The van der Waals surface area contributed by atoms with Crippen LogP contribution < -0.4 is 9.64 Å².